The zero-order valence-corrected chi connectivity index (χ0v) is 12.0. The molecule has 3 N–H and O–H groups in total. The van der Waals surface area contributed by atoms with E-state index in [0.717, 1.165) is 6.92 Å². The number of alkyl halides is 3. The van der Waals surface area contributed by atoms with Crippen LogP contribution >= 0.6 is 11.6 Å². The lowest BCUT2D eigenvalue weighted by atomic mass is 9.79. The van der Waals surface area contributed by atoms with Gasteiger partial charge < -0.3 is 15.7 Å². The summed E-state index contributed by atoms with van der Waals surface area (Å²) in [5, 5.41) is 13.9. The topological polar surface area (TPSA) is 78.4 Å². The van der Waals surface area contributed by atoms with Crippen molar-refractivity contribution in [2.45, 2.75) is 24.9 Å². The Bertz CT molecular complexity index is 606. The molecular weight excluding hydrogens is 325 g/mol. The highest BCUT2D eigenvalue weighted by Crippen LogP contribution is 2.42. The minimum absolute atomic E-state index is 0.224. The molecule has 1 aromatic rings. The van der Waals surface area contributed by atoms with Crippen LogP contribution in [0.5, 0.6) is 0 Å². The standard InChI is InChI=1S/C13H12ClF3N2O3/c1-6(20)9-10(7-2-4-8(14)5-3-7)18-11(21)19-12(9,22)13(15,16)17/h2-5,9-10,22H,1H3,(H2,18,19,21)/t9-,10-,12+/m1/s1. The van der Waals surface area contributed by atoms with Crippen molar-refractivity contribution in [2.75, 3.05) is 0 Å². The molecule has 0 aromatic heterocycles. The monoisotopic (exact) mass is 336 g/mol. The van der Waals surface area contributed by atoms with Crippen LogP contribution in [0.1, 0.15) is 18.5 Å². The number of carbonyl (C=O) groups is 2. The van der Waals surface area contributed by atoms with Crippen LogP contribution in [-0.2, 0) is 4.79 Å². The molecule has 0 spiro atoms. The molecule has 1 aliphatic heterocycles. The highest BCUT2D eigenvalue weighted by atomic mass is 35.5. The molecule has 1 saturated heterocycles. The summed E-state index contributed by atoms with van der Waals surface area (Å²) in [6.45, 7) is 0.920. The third kappa shape index (κ3) is 2.76. The van der Waals surface area contributed by atoms with Crippen molar-refractivity contribution in [1.29, 1.82) is 0 Å². The first kappa shape index (κ1) is 16.6. The Hall–Kier alpha value is -1.80. The minimum Gasteiger partial charge on any atom is -0.363 e. The first-order valence-corrected chi connectivity index (χ1v) is 6.58. The zero-order chi connectivity index (χ0) is 16.7. The number of Topliss-reactive ketones (excluding diaryl/α,β-unsaturated/α-hetero) is 1. The predicted molar refractivity (Wildman–Crippen MR) is 71.0 cm³/mol. The Balaban J connectivity index is 2.54. The van der Waals surface area contributed by atoms with E-state index in [4.69, 9.17) is 11.6 Å². The Morgan fingerprint density at radius 2 is 1.86 bits per heavy atom. The minimum atomic E-state index is -5.22. The fraction of sp³-hybridized carbons (Fsp3) is 0.385. The highest BCUT2D eigenvalue weighted by molar-refractivity contribution is 6.30. The summed E-state index contributed by atoms with van der Waals surface area (Å²) in [5.41, 5.74) is -3.42. The second-order valence-corrected chi connectivity index (χ2v) is 5.42. The van der Waals surface area contributed by atoms with Crippen LogP contribution in [0, 0.1) is 5.92 Å². The number of halogens is 4. The Labute approximate surface area is 128 Å². The number of nitrogens with one attached hydrogen (secondary N) is 2. The van der Waals surface area contributed by atoms with Crippen molar-refractivity contribution < 1.29 is 27.9 Å². The van der Waals surface area contributed by atoms with Crippen molar-refractivity contribution >= 4 is 23.4 Å². The van der Waals surface area contributed by atoms with E-state index < -0.39 is 35.7 Å². The van der Waals surface area contributed by atoms with Gasteiger partial charge in [0.2, 0.25) is 5.72 Å². The summed E-state index contributed by atoms with van der Waals surface area (Å²) >= 11 is 5.71. The second kappa shape index (κ2) is 5.44. The van der Waals surface area contributed by atoms with E-state index in [1.165, 1.54) is 29.6 Å². The van der Waals surface area contributed by atoms with E-state index >= 15 is 0 Å². The van der Waals surface area contributed by atoms with Gasteiger partial charge in [0.25, 0.3) is 0 Å². The van der Waals surface area contributed by atoms with Crippen molar-refractivity contribution in [3.05, 3.63) is 34.9 Å². The molecule has 0 radical (unpaired) electrons. The van der Waals surface area contributed by atoms with Gasteiger partial charge in [0.15, 0.2) is 0 Å². The molecule has 1 aromatic carbocycles. The maximum atomic E-state index is 13.2. The van der Waals surface area contributed by atoms with Crippen LogP contribution < -0.4 is 10.6 Å². The van der Waals surface area contributed by atoms with Crippen LogP contribution in [0.15, 0.2) is 24.3 Å². The number of hydrogen-bond donors (Lipinski definition) is 3. The smallest absolute Gasteiger partial charge is 0.363 e. The van der Waals surface area contributed by atoms with E-state index in [0.29, 0.717) is 5.02 Å². The van der Waals surface area contributed by atoms with Crippen molar-refractivity contribution in [1.82, 2.24) is 10.6 Å². The maximum absolute atomic E-state index is 13.2. The summed E-state index contributed by atoms with van der Waals surface area (Å²) in [7, 11) is 0. The summed E-state index contributed by atoms with van der Waals surface area (Å²) in [5.74, 6) is -2.86. The van der Waals surface area contributed by atoms with Gasteiger partial charge in [-0.3, -0.25) is 4.79 Å². The number of amides is 2. The zero-order valence-electron chi connectivity index (χ0n) is 11.2. The molecule has 2 amide bonds. The summed E-state index contributed by atoms with van der Waals surface area (Å²) in [6.07, 6.45) is -5.22. The highest BCUT2D eigenvalue weighted by Gasteiger charge is 2.65. The van der Waals surface area contributed by atoms with Crippen LogP contribution in [0.2, 0.25) is 5.02 Å². The number of urea groups is 1. The van der Waals surface area contributed by atoms with Crippen molar-refractivity contribution in [2.24, 2.45) is 5.92 Å². The molecule has 22 heavy (non-hydrogen) atoms. The molecule has 1 heterocycles. The Morgan fingerprint density at radius 3 is 2.32 bits per heavy atom. The molecule has 120 valence electrons. The average Bonchev–Trinajstić information content (AvgIpc) is 2.36. The van der Waals surface area contributed by atoms with Gasteiger partial charge in [0.05, 0.1) is 12.0 Å². The van der Waals surface area contributed by atoms with Gasteiger partial charge in [-0.2, -0.15) is 13.2 Å². The van der Waals surface area contributed by atoms with Gasteiger partial charge >= 0.3 is 12.2 Å². The van der Waals surface area contributed by atoms with Gasteiger partial charge in [-0.25, -0.2) is 4.79 Å². The Kier molecular flexibility index (Phi) is 4.09. The predicted octanol–water partition coefficient (Wildman–Crippen LogP) is 2.15. The van der Waals surface area contributed by atoms with E-state index in [1.54, 1.807) is 0 Å². The molecule has 3 atom stereocenters. The third-order valence-electron chi connectivity index (χ3n) is 3.47. The number of benzene rings is 1. The summed E-state index contributed by atoms with van der Waals surface area (Å²) < 4.78 is 39.6. The lowest BCUT2D eigenvalue weighted by molar-refractivity contribution is -0.290. The van der Waals surface area contributed by atoms with Crippen molar-refractivity contribution in [3.63, 3.8) is 0 Å². The van der Waals surface area contributed by atoms with Crippen LogP contribution in [0.3, 0.4) is 0 Å². The number of hydrogen-bond acceptors (Lipinski definition) is 3. The fourth-order valence-electron chi connectivity index (χ4n) is 2.47. The maximum Gasteiger partial charge on any atom is 0.437 e. The molecule has 5 nitrogen and oxygen atoms in total. The van der Waals surface area contributed by atoms with Crippen molar-refractivity contribution in [3.8, 4) is 0 Å². The Morgan fingerprint density at radius 1 is 1.32 bits per heavy atom. The van der Waals surface area contributed by atoms with Crippen LogP contribution in [-0.4, -0.2) is 28.8 Å². The van der Waals surface area contributed by atoms with Gasteiger partial charge in [-0.15, -0.1) is 0 Å². The largest absolute Gasteiger partial charge is 0.437 e. The molecule has 2 rings (SSSR count). The summed E-state index contributed by atoms with van der Waals surface area (Å²) in [4.78, 5) is 23.3. The fourth-order valence-corrected chi connectivity index (χ4v) is 2.60. The van der Waals surface area contributed by atoms with E-state index in [-0.39, 0.29) is 5.56 Å². The lowest BCUT2D eigenvalue weighted by Crippen LogP contribution is -2.72. The van der Waals surface area contributed by atoms with Gasteiger partial charge in [-0.05, 0) is 24.6 Å². The molecule has 1 aliphatic rings. The molecule has 0 bridgehead atoms. The molecule has 0 unspecified atom stereocenters. The van der Waals surface area contributed by atoms with Gasteiger partial charge in [-0.1, -0.05) is 23.7 Å². The number of rotatable bonds is 2. The number of carbonyl (C=O) groups excluding carboxylic acids is 2. The van der Waals surface area contributed by atoms with Gasteiger partial charge in [0.1, 0.15) is 5.78 Å². The SMILES string of the molecule is CC(=O)[C@@H]1[C@@H](c2ccc(Cl)cc2)NC(=O)N[C@@]1(O)C(F)(F)F. The average molecular weight is 337 g/mol. The normalized spacial score (nSPS) is 28.7. The number of ketones is 1. The summed E-state index contributed by atoms with van der Waals surface area (Å²) in [6, 6.07) is 3.02. The van der Waals surface area contributed by atoms with Crippen LogP contribution in [0.4, 0.5) is 18.0 Å². The molecule has 1 fully saturated rings. The third-order valence-corrected chi connectivity index (χ3v) is 3.73. The first-order chi connectivity index (χ1) is 10.1. The van der Waals surface area contributed by atoms with Gasteiger partial charge in [0, 0.05) is 5.02 Å². The van der Waals surface area contributed by atoms with Crippen LogP contribution in [0.25, 0.3) is 0 Å². The second-order valence-electron chi connectivity index (χ2n) is 4.98. The van der Waals surface area contributed by atoms with E-state index in [1.807, 2.05) is 0 Å². The number of aliphatic hydroxyl groups is 1. The molecule has 0 aliphatic carbocycles. The molecule has 0 saturated carbocycles. The first-order valence-electron chi connectivity index (χ1n) is 6.20. The van der Waals surface area contributed by atoms with E-state index in [2.05, 4.69) is 5.32 Å². The molecular formula is C13H12ClF3N2O3. The van der Waals surface area contributed by atoms with E-state index in [9.17, 15) is 27.9 Å². The molecule has 9 heteroatoms. The quantitative estimate of drug-likeness (QED) is 0.774. The lowest BCUT2D eigenvalue weighted by Gasteiger charge is -2.44.